The molecule has 26 heavy (non-hydrogen) atoms. The Morgan fingerprint density at radius 3 is 2.04 bits per heavy atom. The van der Waals surface area contributed by atoms with Crippen LogP contribution < -0.4 is 4.72 Å². The number of amides is 1. The molecule has 1 amide bonds. The lowest BCUT2D eigenvalue weighted by Crippen LogP contribution is -2.31. The van der Waals surface area contributed by atoms with E-state index in [0.717, 1.165) is 38.8 Å². The van der Waals surface area contributed by atoms with E-state index in [1.807, 2.05) is 4.90 Å². The maximum Gasteiger partial charge on any atom is 0.261 e. The molecule has 1 heterocycles. The lowest BCUT2D eigenvalue weighted by atomic mass is 10.2. The van der Waals surface area contributed by atoms with Crippen LogP contribution in [0.4, 0.5) is 5.69 Å². The standard InChI is InChI=1S/C19H21ClN2O3S/c20-16-7-11-18(12-8-16)26(24,25)21-17-9-5-15(6-10-17)19(23)22-13-3-1-2-4-14-22/h5-12,21H,1-4,13-14H2. The minimum absolute atomic E-state index is 0.000918. The number of carbonyl (C=O) groups is 1. The lowest BCUT2D eigenvalue weighted by molar-refractivity contribution is 0.0761. The van der Waals surface area contributed by atoms with Crippen molar-refractivity contribution in [2.75, 3.05) is 17.8 Å². The first-order chi connectivity index (χ1) is 12.5. The Labute approximate surface area is 159 Å². The summed E-state index contributed by atoms with van der Waals surface area (Å²) in [6.07, 6.45) is 4.39. The summed E-state index contributed by atoms with van der Waals surface area (Å²) in [6.45, 7) is 1.56. The number of hydrogen-bond acceptors (Lipinski definition) is 3. The van der Waals surface area contributed by atoms with Gasteiger partial charge in [-0.1, -0.05) is 24.4 Å². The molecule has 0 aromatic heterocycles. The van der Waals surface area contributed by atoms with Crippen LogP contribution in [-0.4, -0.2) is 32.3 Å². The molecule has 0 bridgehead atoms. The van der Waals surface area contributed by atoms with E-state index < -0.39 is 10.0 Å². The molecule has 1 fully saturated rings. The topological polar surface area (TPSA) is 66.5 Å². The molecule has 1 saturated heterocycles. The number of hydrogen-bond donors (Lipinski definition) is 1. The largest absolute Gasteiger partial charge is 0.339 e. The average molecular weight is 393 g/mol. The zero-order valence-corrected chi connectivity index (χ0v) is 15.9. The van der Waals surface area contributed by atoms with Gasteiger partial charge in [0.25, 0.3) is 15.9 Å². The first-order valence-electron chi connectivity index (χ1n) is 8.63. The zero-order chi connectivity index (χ0) is 18.6. The quantitative estimate of drug-likeness (QED) is 0.849. The van der Waals surface area contributed by atoms with Gasteiger partial charge >= 0.3 is 0 Å². The van der Waals surface area contributed by atoms with Crippen LogP contribution in [0.2, 0.25) is 5.02 Å². The van der Waals surface area contributed by atoms with Gasteiger partial charge in [-0.05, 0) is 61.4 Å². The van der Waals surface area contributed by atoms with Crippen LogP contribution >= 0.6 is 11.6 Å². The van der Waals surface area contributed by atoms with Crippen molar-refractivity contribution in [3.8, 4) is 0 Å². The van der Waals surface area contributed by atoms with Gasteiger partial charge in [-0.3, -0.25) is 9.52 Å². The summed E-state index contributed by atoms with van der Waals surface area (Å²) in [7, 11) is -3.69. The number of anilines is 1. The van der Waals surface area contributed by atoms with Crippen LogP contribution in [-0.2, 0) is 10.0 Å². The second kappa shape index (κ2) is 8.10. The number of carbonyl (C=O) groups excluding carboxylic acids is 1. The molecule has 0 spiro atoms. The van der Waals surface area contributed by atoms with Crippen molar-refractivity contribution < 1.29 is 13.2 Å². The first-order valence-corrected chi connectivity index (χ1v) is 10.5. The number of nitrogens with one attached hydrogen (secondary N) is 1. The third kappa shape index (κ3) is 4.56. The molecule has 2 aromatic rings. The highest BCUT2D eigenvalue weighted by Crippen LogP contribution is 2.20. The molecule has 0 radical (unpaired) electrons. The van der Waals surface area contributed by atoms with E-state index in [4.69, 9.17) is 11.6 Å². The van der Waals surface area contributed by atoms with E-state index in [1.54, 1.807) is 24.3 Å². The first kappa shape index (κ1) is 18.7. The van der Waals surface area contributed by atoms with Crippen molar-refractivity contribution in [3.63, 3.8) is 0 Å². The Morgan fingerprint density at radius 1 is 0.885 bits per heavy atom. The summed E-state index contributed by atoms with van der Waals surface area (Å²) in [5, 5.41) is 0.473. The minimum atomic E-state index is -3.69. The van der Waals surface area contributed by atoms with Crippen LogP contribution in [0, 0.1) is 0 Å². The Balaban J connectivity index is 1.71. The summed E-state index contributed by atoms with van der Waals surface area (Å²) in [6, 6.07) is 12.5. The van der Waals surface area contributed by atoms with E-state index in [-0.39, 0.29) is 10.8 Å². The van der Waals surface area contributed by atoms with Crippen molar-refractivity contribution >= 4 is 33.2 Å². The van der Waals surface area contributed by atoms with Crippen LogP contribution in [0.3, 0.4) is 0 Å². The Kier molecular flexibility index (Phi) is 5.84. The van der Waals surface area contributed by atoms with Crippen LogP contribution in [0.1, 0.15) is 36.0 Å². The fraction of sp³-hybridized carbons (Fsp3) is 0.316. The second-order valence-electron chi connectivity index (χ2n) is 6.34. The molecule has 0 unspecified atom stereocenters. The highest BCUT2D eigenvalue weighted by molar-refractivity contribution is 7.92. The molecule has 3 rings (SSSR count). The average Bonchev–Trinajstić information content (AvgIpc) is 2.91. The predicted octanol–water partition coefficient (Wildman–Crippen LogP) is 4.16. The van der Waals surface area contributed by atoms with Crippen LogP contribution in [0.25, 0.3) is 0 Å². The Bertz CT molecular complexity index is 857. The lowest BCUT2D eigenvalue weighted by Gasteiger charge is -2.20. The number of sulfonamides is 1. The fourth-order valence-corrected chi connectivity index (χ4v) is 4.15. The smallest absolute Gasteiger partial charge is 0.261 e. The summed E-state index contributed by atoms with van der Waals surface area (Å²) in [4.78, 5) is 14.6. The van der Waals surface area contributed by atoms with Gasteiger partial charge in [0.05, 0.1) is 4.90 Å². The minimum Gasteiger partial charge on any atom is -0.339 e. The highest BCUT2D eigenvalue weighted by Gasteiger charge is 2.18. The number of benzene rings is 2. The molecular weight excluding hydrogens is 372 g/mol. The van der Waals surface area contributed by atoms with E-state index in [9.17, 15) is 13.2 Å². The normalized spacial score (nSPS) is 15.3. The molecule has 0 saturated carbocycles. The van der Waals surface area contributed by atoms with E-state index in [1.165, 1.54) is 24.3 Å². The highest BCUT2D eigenvalue weighted by atomic mass is 35.5. The van der Waals surface area contributed by atoms with Crippen molar-refractivity contribution in [1.82, 2.24) is 4.90 Å². The molecule has 1 N–H and O–H groups in total. The van der Waals surface area contributed by atoms with Gasteiger partial charge in [0.15, 0.2) is 0 Å². The number of halogens is 1. The maximum atomic E-state index is 12.6. The molecule has 7 heteroatoms. The zero-order valence-electron chi connectivity index (χ0n) is 14.3. The van der Waals surface area contributed by atoms with Gasteiger partial charge in [-0.25, -0.2) is 8.42 Å². The molecule has 1 aliphatic heterocycles. The maximum absolute atomic E-state index is 12.6. The third-order valence-corrected chi connectivity index (χ3v) is 6.05. The molecular formula is C19H21ClN2O3S. The summed E-state index contributed by atoms with van der Waals surface area (Å²) < 4.78 is 27.3. The monoisotopic (exact) mass is 392 g/mol. The van der Waals surface area contributed by atoms with Crippen molar-refractivity contribution in [2.24, 2.45) is 0 Å². The van der Waals surface area contributed by atoms with Gasteiger partial charge in [0.1, 0.15) is 0 Å². The summed E-state index contributed by atoms with van der Waals surface area (Å²) >= 11 is 5.79. The fourth-order valence-electron chi connectivity index (χ4n) is 2.97. The third-order valence-electron chi connectivity index (χ3n) is 4.40. The van der Waals surface area contributed by atoms with E-state index >= 15 is 0 Å². The molecule has 2 aromatic carbocycles. The molecule has 138 valence electrons. The van der Waals surface area contributed by atoms with E-state index in [2.05, 4.69) is 4.72 Å². The Hall–Kier alpha value is -2.05. The summed E-state index contributed by atoms with van der Waals surface area (Å²) in [5.74, 6) is -0.000918. The van der Waals surface area contributed by atoms with Gasteiger partial charge in [0, 0.05) is 29.4 Å². The number of rotatable bonds is 4. The number of likely N-dealkylation sites (tertiary alicyclic amines) is 1. The summed E-state index contributed by atoms with van der Waals surface area (Å²) in [5.41, 5.74) is 0.980. The van der Waals surface area contributed by atoms with Crippen molar-refractivity contribution in [2.45, 2.75) is 30.6 Å². The Morgan fingerprint density at radius 2 is 1.46 bits per heavy atom. The second-order valence-corrected chi connectivity index (χ2v) is 8.46. The van der Waals surface area contributed by atoms with Crippen molar-refractivity contribution in [3.05, 3.63) is 59.1 Å². The van der Waals surface area contributed by atoms with Gasteiger partial charge in [0.2, 0.25) is 0 Å². The molecule has 0 atom stereocenters. The van der Waals surface area contributed by atoms with Gasteiger partial charge < -0.3 is 4.90 Å². The predicted molar refractivity (Wildman–Crippen MR) is 103 cm³/mol. The van der Waals surface area contributed by atoms with E-state index in [0.29, 0.717) is 16.3 Å². The van der Waals surface area contributed by atoms with Gasteiger partial charge in [-0.2, -0.15) is 0 Å². The SMILES string of the molecule is O=C(c1ccc(NS(=O)(=O)c2ccc(Cl)cc2)cc1)N1CCCCCC1. The van der Waals surface area contributed by atoms with Crippen LogP contribution in [0.15, 0.2) is 53.4 Å². The molecule has 1 aliphatic rings. The van der Waals surface area contributed by atoms with Gasteiger partial charge in [-0.15, -0.1) is 0 Å². The number of nitrogens with zero attached hydrogens (tertiary/aromatic N) is 1. The van der Waals surface area contributed by atoms with Crippen molar-refractivity contribution in [1.29, 1.82) is 0 Å². The van der Waals surface area contributed by atoms with Crippen LogP contribution in [0.5, 0.6) is 0 Å². The molecule has 0 aliphatic carbocycles. The molecule has 5 nitrogen and oxygen atoms in total.